The molecule has 0 saturated carbocycles. The van der Waals surface area contributed by atoms with Crippen molar-refractivity contribution in [2.75, 3.05) is 0 Å². The maximum Gasteiger partial charge on any atom is 0.195 e. The van der Waals surface area contributed by atoms with Gasteiger partial charge in [0.2, 0.25) is 0 Å². The van der Waals surface area contributed by atoms with Crippen LogP contribution in [0.4, 0.5) is 0 Å². The quantitative estimate of drug-likeness (QED) is 0.746. The van der Waals surface area contributed by atoms with E-state index < -0.39 is 0 Å². The van der Waals surface area contributed by atoms with E-state index in [0.29, 0.717) is 0 Å². The molecule has 0 aliphatic rings. The van der Waals surface area contributed by atoms with Gasteiger partial charge in [0, 0.05) is 10.9 Å². The van der Waals surface area contributed by atoms with Gasteiger partial charge in [0.05, 0.1) is 0 Å². The number of rotatable bonds is 1. The van der Waals surface area contributed by atoms with Crippen LogP contribution in [0.3, 0.4) is 0 Å². The van der Waals surface area contributed by atoms with Crippen LogP contribution in [0.25, 0.3) is 11.1 Å². The summed E-state index contributed by atoms with van der Waals surface area (Å²) >= 11 is 3.38. The first-order valence-electron chi connectivity index (χ1n) is 3.84. The summed E-state index contributed by atoms with van der Waals surface area (Å²) in [6.45, 7) is 2.03. The van der Waals surface area contributed by atoms with Crippen LogP contribution in [0.5, 0.6) is 0 Å². The van der Waals surface area contributed by atoms with E-state index >= 15 is 0 Å². The van der Waals surface area contributed by atoms with Gasteiger partial charge in [0.15, 0.2) is 11.5 Å². The molecule has 2 aromatic rings. The molecule has 3 heteroatoms. The number of benzene rings is 1. The second-order valence-corrected chi connectivity index (χ2v) is 3.49. The second-order valence-electron chi connectivity index (χ2n) is 2.57. The molecule has 1 aromatic heterocycles. The van der Waals surface area contributed by atoms with E-state index in [1.807, 2.05) is 25.1 Å². The fourth-order valence-corrected chi connectivity index (χ4v) is 1.45. The summed E-state index contributed by atoms with van der Waals surface area (Å²) < 4.78 is 6.47. The first-order chi connectivity index (χ1) is 5.79. The molecular weight excluding hydrogens is 218 g/mol. The summed E-state index contributed by atoms with van der Waals surface area (Å²) in [6, 6.07) is 5.83. The Morgan fingerprint density at radius 2 is 2.33 bits per heavy atom. The van der Waals surface area contributed by atoms with Crippen molar-refractivity contribution in [3.63, 3.8) is 0 Å². The molecule has 0 fully saturated rings. The Morgan fingerprint density at radius 1 is 1.50 bits per heavy atom. The molecule has 2 nitrogen and oxygen atoms in total. The van der Waals surface area contributed by atoms with Gasteiger partial charge in [-0.25, -0.2) is 4.98 Å². The van der Waals surface area contributed by atoms with Crippen LogP contribution >= 0.6 is 15.9 Å². The van der Waals surface area contributed by atoms with E-state index in [1.165, 1.54) is 0 Å². The van der Waals surface area contributed by atoms with Crippen LogP contribution in [-0.2, 0) is 6.42 Å². The van der Waals surface area contributed by atoms with Gasteiger partial charge in [-0.05, 0) is 18.2 Å². The van der Waals surface area contributed by atoms with Crippen LogP contribution in [0.1, 0.15) is 12.8 Å². The minimum Gasteiger partial charge on any atom is -0.441 e. The van der Waals surface area contributed by atoms with Crippen molar-refractivity contribution in [2.45, 2.75) is 13.3 Å². The van der Waals surface area contributed by atoms with Gasteiger partial charge < -0.3 is 4.42 Å². The maximum absolute atomic E-state index is 5.44. The van der Waals surface area contributed by atoms with Gasteiger partial charge in [-0.2, -0.15) is 0 Å². The third kappa shape index (κ3) is 1.25. The topological polar surface area (TPSA) is 26.0 Å². The SMILES string of the molecule is CCc1nc2cc(Br)ccc2o1. The zero-order chi connectivity index (χ0) is 8.55. The molecule has 1 aromatic carbocycles. The molecule has 0 bridgehead atoms. The standard InChI is InChI=1S/C9H8BrNO/c1-2-9-11-7-5-6(10)3-4-8(7)12-9/h3-5H,2H2,1H3. The lowest BCUT2D eigenvalue weighted by atomic mass is 10.3. The molecule has 0 radical (unpaired) electrons. The summed E-state index contributed by atoms with van der Waals surface area (Å²) in [7, 11) is 0. The number of halogens is 1. The zero-order valence-electron chi connectivity index (χ0n) is 6.67. The lowest BCUT2D eigenvalue weighted by molar-refractivity contribution is 0.538. The summed E-state index contributed by atoms with van der Waals surface area (Å²) in [4.78, 5) is 4.30. The van der Waals surface area contributed by atoms with E-state index in [0.717, 1.165) is 27.9 Å². The van der Waals surface area contributed by atoms with E-state index in [9.17, 15) is 0 Å². The summed E-state index contributed by atoms with van der Waals surface area (Å²) in [6.07, 6.45) is 0.840. The third-order valence-corrected chi connectivity index (χ3v) is 2.19. The van der Waals surface area contributed by atoms with Gasteiger partial charge in [-0.3, -0.25) is 0 Å². The van der Waals surface area contributed by atoms with Crippen molar-refractivity contribution in [2.24, 2.45) is 0 Å². The third-order valence-electron chi connectivity index (χ3n) is 1.70. The average Bonchev–Trinajstić information content (AvgIpc) is 2.46. The lowest BCUT2D eigenvalue weighted by Crippen LogP contribution is -1.75. The molecule has 0 spiro atoms. The fourth-order valence-electron chi connectivity index (χ4n) is 1.10. The molecule has 0 unspecified atom stereocenters. The second kappa shape index (κ2) is 2.90. The van der Waals surface area contributed by atoms with Gasteiger partial charge in [0.1, 0.15) is 5.52 Å². The molecule has 0 aliphatic carbocycles. The molecule has 2 rings (SSSR count). The Kier molecular flexibility index (Phi) is 1.89. The first kappa shape index (κ1) is 7.80. The molecule has 1 heterocycles. The van der Waals surface area contributed by atoms with Crippen LogP contribution in [-0.4, -0.2) is 4.98 Å². The van der Waals surface area contributed by atoms with Crippen LogP contribution in [0, 0.1) is 0 Å². The smallest absolute Gasteiger partial charge is 0.195 e. The number of nitrogens with zero attached hydrogens (tertiary/aromatic N) is 1. The first-order valence-corrected chi connectivity index (χ1v) is 4.64. The minimum atomic E-state index is 0.795. The molecule has 0 aliphatic heterocycles. The number of hydrogen-bond donors (Lipinski definition) is 0. The fraction of sp³-hybridized carbons (Fsp3) is 0.222. The lowest BCUT2D eigenvalue weighted by Gasteiger charge is -1.86. The molecular formula is C9H8BrNO. The van der Waals surface area contributed by atoms with Crippen molar-refractivity contribution in [3.05, 3.63) is 28.6 Å². The Labute approximate surface area is 78.7 Å². The average molecular weight is 226 g/mol. The maximum atomic E-state index is 5.44. The predicted molar refractivity (Wildman–Crippen MR) is 51.1 cm³/mol. The van der Waals surface area contributed by atoms with Crippen molar-refractivity contribution < 1.29 is 4.42 Å². The van der Waals surface area contributed by atoms with Gasteiger partial charge in [0.25, 0.3) is 0 Å². The monoisotopic (exact) mass is 225 g/mol. The minimum absolute atomic E-state index is 0.795. The number of aryl methyl sites for hydroxylation is 1. The van der Waals surface area contributed by atoms with Crippen LogP contribution in [0.15, 0.2) is 27.1 Å². The molecule has 62 valence electrons. The van der Waals surface area contributed by atoms with E-state index in [-0.39, 0.29) is 0 Å². The number of aromatic nitrogens is 1. The van der Waals surface area contributed by atoms with Crippen molar-refractivity contribution in [1.82, 2.24) is 4.98 Å². The summed E-state index contributed by atoms with van der Waals surface area (Å²) in [5.74, 6) is 0.795. The highest BCUT2D eigenvalue weighted by molar-refractivity contribution is 9.10. The molecule has 12 heavy (non-hydrogen) atoms. The number of hydrogen-bond acceptors (Lipinski definition) is 2. The van der Waals surface area contributed by atoms with Gasteiger partial charge in [-0.15, -0.1) is 0 Å². The van der Waals surface area contributed by atoms with E-state index in [4.69, 9.17) is 4.42 Å². The highest BCUT2D eigenvalue weighted by Gasteiger charge is 2.02. The largest absolute Gasteiger partial charge is 0.441 e. The van der Waals surface area contributed by atoms with Gasteiger partial charge >= 0.3 is 0 Å². The highest BCUT2D eigenvalue weighted by atomic mass is 79.9. The Bertz CT molecular complexity index is 408. The van der Waals surface area contributed by atoms with Crippen molar-refractivity contribution in [3.8, 4) is 0 Å². The Balaban J connectivity index is 2.67. The van der Waals surface area contributed by atoms with Crippen molar-refractivity contribution >= 4 is 27.0 Å². The molecule has 0 saturated heterocycles. The van der Waals surface area contributed by atoms with E-state index in [2.05, 4.69) is 20.9 Å². The molecule has 0 atom stereocenters. The van der Waals surface area contributed by atoms with Gasteiger partial charge in [-0.1, -0.05) is 22.9 Å². The summed E-state index contributed by atoms with van der Waals surface area (Å²) in [5.41, 5.74) is 1.77. The number of fused-ring (bicyclic) bond motifs is 1. The van der Waals surface area contributed by atoms with E-state index in [1.54, 1.807) is 0 Å². The Hall–Kier alpha value is -0.830. The highest BCUT2D eigenvalue weighted by Crippen LogP contribution is 2.20. The van der Waals surface area contributed by atoms with Crippen LogP contribution in [0.2, 0.25) is 0 Å². The Morgan fingerprint density at radius 3 is 3.08 bits per heavy atom. The summed E-state index contributed by atoms with van der Waals surface area (Å²) in [5, 5.41) is 0. The molecule has 0 N–H and O–H groups in total. The van der Waals surface area contributed by atoms with Crippen molar-refractivity contribution in [1.29, 1.82) is 0 Å². The normalized spacial score (nSPS) is 10.8. The molecule has 0 amide bonds. The zero-order valence-corrected chi connectivity index (χ0v) is 8.26. The van der Waals surface area contributed by atoms with Crippen LogP contribution < -0.4 is 0 Å². The predicted octanol–water partition coefficient (Wildman–Crippen LogP) is 3.15. The number of oxazole rings is 1.